The molecule has 44 heavy (non-hydrogen) atoms. The summed E-state index contributed by atoms with van der Waals surface area (Å²) in [5, 5.41) is 0.731. The van der Waals surface area contributed by atoms with E-state index in [-0.39, 0.29) is 5.91 Å². The number of pyridine rings is 1. The van der Waals surface area contributed by atoms with Crippen molar-refractivity contribution in [1.29, 1.82) is 0 Å². The van der Waals surface area contributed by atoms with Gasteiger partial charge in [-0.1, -0.05) is 36.4 Å². The number of hydrogen-bond donors (Lipinski definition) is 1. The first kappa shape index (κ1) is 30.0. The number of rotatable bonds is 7. The Morgan fingerprint density at radius 1 is 1.11 bits per heavy atom. The summed E-state index contributed by atoms with van der Waals surface area (Å²) in [6.07, 6.45) is 10.5. The summed E-state index contributed by atoms with van der Waals surface area (Å²) in [5.41, 5.74) is 14.2. The summed E-state index contributed by atoms with van der Waals surface area (Å²) in [6.45, 7) is 7.28. The van der Waals surface area contributed by atoms with Gasteiger partial charge in [0.2, 0.25) is 10.0 Å². The van der Waals surface area contributed by atoms with Crippen LogP contribution in [0.2, 0.25) is 0 Å². The molecule has 2 aliphatic rings. The molecule has 2 aromatic heterocycles. The fourth-order valence-corrected chi connectivity index (χ4v) is 8.10. The average Bonchev–Trinajstić information content (AvgIpc) is 3.41. The molecule has 1 aliphatic carbocycles. The molecule has 6 rings (SSSR count). The van der Waals surface area contributed by atoms with Crippen molar-refractivity contribution in [3.8, 4) is 11.1 Å². The Morgan fingerprint density at radius 2 is 1.89 bits per heavy atom. The lowest BCUT2D eigenvalue weighted by atomic mass is 9.87. The van der Waals surface area contributed by atoms with E-state index in [2.05, 4.69) is 28.9 Å². The predicted octanol–water partition coefficient (Wildman–Crippen LogP) is 5.01. The lowest BCUT2D eigenvalue weighted by molar-refractivity contribution is 0.0827. The van der Waals surface area contributed by atoms with Crippen LogP contribution in [0.4, 0.5) is 0 Å². The first-order chi connectivity index (χ1) is 21.0. The minimum absolute atomic E-state index is 0.0916. The zero-order chi connectivity index (χ0) is 31.2. The van der Waals surface area contributed by atoms with Crippen LogP contribution >= 0.6 is 0 Å². The molecule has 0 saturated heterocycles. The first-order valence-electron chi connectivity index (χ1n) is 15.0. The maximum atomic E-state index is 14.6. The molecule has 1 aliphatic heterocycles. The minimum Gasteiger partial charge on any atom is -0.345 e. The number of aromatic nitrogens is 2. The molecule has 1 unspecified atom stereocenters. The summed E-state index contributed by atoms with van der Waals surface area (Å²) < 4.78 is 29.2. The number of nitrogens with two attached hydrogens (primary N) is 1. The molecule has 1 atom stereocenters. The molecule has 0 bridgehead atoms. The van der Waals surface area contributed by atoms with Crippen LogP contribution in [0.1, 0.15) is 46.0 Å². The molecule has 0 spiro atoms. The number of amides is 1. The second-order valence-electron chi connectivity index (χ2n) is 12.3. The van der Waals surface area contributed by atoms with Crippen molar-refractivity contribution in [3.05, 3.63) is 107 Å². The first-order valence-corrected chi connectivity index (χ1v) is 16.4. The summed E-state index contributed by atoms with van der Waals surface area (Å²) in [4.78, 5) is 20.8. The van der Waals surface area contributed by atoms with E-state index in [9.17, 15) is 13.2 Å². The molecular formula is C35H39N5O3S. The summed E-state index contributed by atoms with van der Waals surface area (Å²) >= 11 is 0. The average molecular weight is 610 g/mol. The van der Waals surface area contributed by atoms with Gasteiger partial charge in [-0.2, -0.15) is 0 Å². The minimum atomic E-state index is -3.95. The highest BCUT2D eigenvalue weighted by Crippen LogP contribution is 2.39. The summed E-state index contributed by atoms with van der Waals surface area (Å²) in [5.74, 6) is -0.0916. The normalized spacial score (nSPS) is 18.7. The van der Waals surface area contributed by atoms with Gasteiger partial charge in [-0.3, -0.25) is 9.69 Å². The Morgan fingerprint density at radius 3 is 2.61 bits per heavy atom. The van der Waals surface area contributed by atoms with Crippen molar-refractivity contribution in [1.82, 2.24) is 18.8 Å². The maximum Gasteiger partial charge on any atom is 0.253 e. The van der Waals surface area contributed by atoms with Crippen molar-refractivity contribution in [2.75, 3.05) is 33.7 Å². The van der Waals surface area contributed by atoms with Crippen LogP contribution in [0.3, 0.4) is 0 Å². The molecule has 2 aromatic carbocycles. The quantitative estimate of drug-likeness (QED) is 0.316. The van der Waals surface area contributed by atoms with Gasteiger partial charge in [0.15, 0.2) is 5.65 Å². The van der Waals surface area contributed by atoms with Gasteiger partial charge in [-0.15, -0.1) is 0 Å². The molecule has 3 heterocycles. The molecule has 0 fully saturated rings. The van der Waals surface area contributed by atoms with Gasteiger partial charge < -0.3 is 10.6 Å². The van der Waals surface area contributed by atoms with Crippen LogP contribution in [0.5, 0.6) is 0 Å². The fourth-order valence-electron chi connectivity index (χ4n) is 6.45. The van der Waals surface area contributed by atoms with Gasteiger partial charge in [0.1, 0.15) is 4.75 Å². The molecule has 8 nitrogen and oxygen atoms in total. The van der Waals surface area contributed by atoms with Crippen molar-refractivity contribution < 1.29 is 13.2 Å². The zero-order valence-corrected chi connectivity index (χ0v) is 26.6. The Balaban J connectivity index is 1.40. The van der Waals surface area contributed by atoms with Crippen molar-refractivity contribution in [2.24, 2.45) is 5.73 Å². The molecule has 2 N–H and O–H groups in total. The Hall–Kier alpha value is -4.05. The van der Waals surface area contributed by atoms with Gasteiger partial charge in [0.25, 0.3) is 5.91 Å². The van der Waals surface area contributed by atoms with E-state index < -0.39 is 14.8 Å². The lowest BCUT2D eigenvalue weighted by Gasteiger charge is -2.31. The Labute approximate surface area is 259 Å². The Bertz CT molecular complexity index is 1920. The van der Waals surface area contributed by atoms with Gasteiger partial charge >= 0.3 is 0 Å². The van der Waals surface area contributed by atoms with E-state index in [1.807, 2.05) is 42.5 Å². The van der Waals surface area contributed by atoms with Gasteiger partial charge in [0.05, 0.1) is 0 Å². The zero-order valence-electron chi connectivity index (χ0n) is 25.7. The van der Waals surface area contributed by atoms with Crippen molar-refractivity contribution in [2.45, 2.75) is 38.0 Å². The van der Waals surface area contributed by atoms with Gasteiger partial charge in [0, 0.05) is 69.2 Å². The number of carbonyl (C=O) groups is 1. The van der Waals surface area contributed by atoms with E-state index in [0.29, 0.717) is 24.2 Å². The van der Waals surface area contributed by atoms with Crippen LogP contribution in [0.25, 0.3) is 27.7 Å². The number of allylic oxidation sites excluding steroid dienone is 3. The highest BCUT2D eigenvalue weighted by molar-refractivity contribution is 7.91. The second kappa shape index (κ2) is 11.5. The fraction of sp³-hybridized carbons (Fsp3) is 0.314. The monoisotopic (exact) mass is 609 g/mol. The molecule has 228 valence electrons. The molecule has 0 saturated carbocycles. The predicted molar refractivity (Wildman–Crippen MR) is 177 cm³/mol. The molecule has 4 aromatic rings. The van der Waals surface area contributed by atoms with Gasteiger partial charge in [-0.05, 0) is 90.4 Å². The molecule has 0 radical (unpaired) electrons. The Kier molecular flexibility index (Phi) is 7.82. The smallest absolute Gasteiger partial charge is 0.253 e. The van der Waals surface area contributed by atoms with E-state index in [0.717, 1.165) is 53.7 Å². The van der Waals surface area contributed by atoms with E-state index >= 15 is 0 Å². The number of fused-ring (bicyclic) bond motifs is 2. The third-order valence-electron chi connectivity index (χ3n) is 8.93. The van der Waals surface area contributed by atoms with Crippen LogP contribution in [-0.4, -0.2) is 71.6 Å². The number of benzene rings is 2. The van der Waals surface area contributed by atoms with E-state index in [1.54, 1.807) is 45.5 Å². The van der Waals surface area contributed by atoms with Crippen LogP contribution in [0, 0.1) is 6.92 Å². The van der Waals surface area contributed by atoms with Crippen molar-refractivity contribution >= 4 is 32.5 Å². The van der Waals surface area contributed by atoms with E-state index in [4.69, 9.17) is 5.73 Å². The largest absolute Gasteiger partial charge is 0.345 e. The SMILES string of the molecule is Cc1cc(C2=CC(C)(S(=O)(=O)n3cc(-c4ccc(C(=O)N(C)C)cc4)c4cccnc43)CC=C2)cc2c1CCN(CCN)C2. The maximum absolute atomic E-state index is 14.6. The number of aryl methyl sites for hydroxylation is 1. The topological polar surface area (TPSA) is 102 Å². The lowest BCUT2D eigenvalue weighted by Crippen LogP contribution is -2.38. The summed E-state index contributed by atoms with van der Waals surface area (Å²) in [6, 6.07) is 15.3. The van der Waals surface area contributed by atoms with E-state index in [1.165, 1.54) is 25.6 Å². The standard InChI is InChI=1S/C35H39N5O3S/c1-24-19-28(20-29-22-39(18-15-36)17-13-30(24)29)27-7-5-14-35(2,21-27)44(42,43)40-23-32(31-8-6-16-37-33(31)40)25-9-11-26(12-10-25)34(41)38(3)4/h5-12,16,19-21,23H,13-15,17-18,22,36H2,1-4H3. The highest BCUT2D eigenvalue weighted by Gasteiger charge is 2.41. The highest BCUT2D eigenvalue weighted by atomic mass is 32.2. The van der Waals surface area contributed by atoms with Crippen molar-refractivity contribution in [3.63, 3.8) is 0 Å². The third kappa shape index (κ3) is 5.19. The number of carbonyl (C=O) groups excluding carboxylic acids is 1. The molecule has 1 amide bonds. The van der Waals surface area contributed by atoms with Crippen LogP contribution in [-0.2, 0) is 23.0 Å². The number of hydrogen-bond acceptors (Lipinski definition) is 6. The number of nitrogens with zero attached hydrogens (tertiary/aromatic N) is 4. The summed E-state index contributed by atoms with van der Waals surface area (Å²) in [7, 11) is -0.523. The van der Waals surface area contributed by atoms with Gasteiger partial charge in [-0.25, -0.2) is 17.4 Å². The van der Waals surface area contributed by atoms with Crippen LogP contribution < -0.4 is 5.73 Å². The molecular weight excluding hydrogens is 570 g/mol. The second-order valence-corrected chi connectivity index (χ2v) is 14.5. The van der Waals surface area contributed by atoms with Crippen LogP contribution in [0.15, 0.2) is 79.2 Å². The molecule has 9 heteroatoms. The third-order valence-corrected chi connectivity index (χ3v) is 11.2.